The minimum atomic E-state index is 0.289. The molecular weight excluding hydrogens is 256 g/mol. The third-order valence-corrected chi connectivity index (χ3v) is 5.39. The molecule has 0 aromatic carbocycles. The molecule has 2 heterocycles. The van der Waals surface area contributed by atoms with Gasteiger partial charge in [0.1, 0.15) is 0 Å². The monoisotopic (exact) mass is 284 g/mol. The molecule has 4 atom stereocenters. The van der Waals surface area contributed by atoms with Gasteiger partial charge in [-0.25, -0.2) is 0 Å². The SMILES string of the molecule is CCC1(COCCOCC2CC3CC2C(C)O3)COC1. The molecule has 0 amide bonds. The van der Waals surface area contributed by atoms with Crippen molar-refractivity contribution in [3.05, 3.63) is 0 Å². The second-order valence-corrected chi connectivity index (χ2v) is 6.83. The van der Waals surface area contributed by atoms with Crippen LogP contribution in [0.25, 0.3) is 0 Å². The average Bonchev–Trinajstić information content (AvgIpc) is 2.95. The highest BCUT2D eigenvalue weighted by Gasteiger charge is 2.45. The molecule has 2 aliphatic heterocycles. The third-order valence-electron chi connectivity index (χ3n) is 5.39. The van der Waals surface area contributed by atoms with E-state index in [2.05, 4.69) is 13.8 Å². The van der Waals surface area contributed by atoms with E-state index in [0.717, 1.165) is 38.8 Å². The summed E-state index contributed by atoms with van der Waals surface area (Å²) in [6, 6.07) is 0. The first-order valence-corrected chi connectivity index (χ1v) is 8.11. The van der Waals surface area contributed by atoms with Crippen molar-refractivity contribution in [2.75, 3.05) is 39.6 Å². The molecule has 0 aromatic heterocycles. The maximum atomic E-state index is 5.81. The molecule has 0 aromatic rings. The Hall–Kier alpha value is -0.160. The van der Waals surface area contributed by atoms with Gasteiger partial charge in [-0.05, 0) is 38.0 Å². The number of hydrogen-bond donors (Lipinski definition) is 0. The maximum Gasteiger partial charge on any atom is 0.0700 e. The lowest BCUT2D eigenvalue weighted by atomic mass is 9.84. The molecule has 3 aliphatic rings. The highest BCUT2D eigenvalue weighted by atomic mass is 16.5. The van der Waals surface area contributed by atoms with Gasteiger partial charge in [-0.2, -0.15) is 0 Å². The van der Waals surface area contributed by atoms with Crippen LogP contribution >= 0.6 is 0 Å². The van der Waals surface area contributed by atoms with Gasteiger partial charge in [0.2, 0.25) is 0 Å². The fourth-order valence-corrected chi connectivity index (χ4v) is 3.81. The van der Waals surface area contributed by atoms with Crippen LogP contribution < -0.4 is 0 Å². The number of rotatable bonds is 8. The van der Waals surface area contributed by atoms with Gasteiger partial charge in [0.25, 0.3) is 0 Å². The smallest absolute Gasteiger partial charge is 0.0700 e. The van der Waals surface area contributed by atoms with E-state index in [-0.39, 0.29) is 5.41 Å². The Morgan fingerprint density at radius 2 is 1.95 bits per heavy atom. The first kappa shape index (κ1) is 14.8. The minimum absolute atomic E-state index is 0.289. The molecule has 0 N–H and O–H groups in total. The molecule has 0 spiro atoms. The van der Waals surface area contributed by atoms with Gasteiger partial charge in [-0.3, -0.25) is 0 Å². The highest BCUT2D eigenvalue weighted by molar-refractivity contribution is 4.93. The summed E-state index contributed by atoms with van der Waals surface area (Å²) in [5.41, 5.74) is 0.289. The second kappa shape index (κ2) is 6.30. The van der Waals surface area contributed by atoms with E-state index in [1.165, 1.54) is 12.8 Å². The van der Waals surface area contributed by atoms with Gasteiger partial charge >= 0.3 is 0 Å². The standard InChI is InChI=1S/C16H28O4/c1-3-16(10-19-11-16)9-18-5-4-17-8-13-6-14-7-15(13)12(2)20-14/h12-15H,3-11H2,1-2H3. The van der Waals surface area contributed by atoms with Crippen LogP contribution in [0.2, 0.25) is 0 Å². The first-order valence-electron chi connectivity index (χ1n) is 8.11. The van der Waals surface area contributed by atoms with Crippen molar-refractivity contribution in [2.45, 2.75) is 45.3 Å². The van der Waals surface area contributed by atoms with E-state index in [4.69, 9.17) is 18.9 Å². The van der Waals surface area contributed by atoms with Gasteiger partial charge in [-0.1, -0.05) is 6.92 Å². The highest BCUT2D eigenvalue weighted by Crippen LogP contribution is 2.44. The molecule has 1 saturated carbocycles. The Balaban J connectivity index is 1.24. The molecule has 4 unspecified atom stereocenters. The van der Waals surface area contributed by atoms with Gasteiger partial charge in [0.05, 0.1) is 45.2 Å². The van der Waals surface area contributed by atoms with Gasteiger partial charge in [0, 0.05) is 12.0 Å². The number of ether oxygens (including phenoxy) is 4. The van der Waals surface area contributed by atoms with E-state index < -0.39 is 0 Å². The van der Waals surface area contributed by atoms with Crippen molar-refractivity contribution >= 4 is 0 Å². The normalized spacial score (nSPS) is 38.1. The quantitative estimate of drug-likeness (QED) is 0.641. The molecule has 2 saturated heterocycles. The van der Waals surface area contributed by atoms with Gasteiger partial charge in [-0.15, -0.1) is 0 Å². The van der Waals surface area contributed by atoms with E-state index in [0.29, 0.717) is 31.3 Å². The fourth-order valence-electron chi connectivity index (χ4n) is 3.81. The summed E-state index contributed by atoms with van der Waals surface area (Å²) < 4.78 is 22.7. The topological polar surface area (TPSA) is 36.9 Å². The Morgan fingerprint density at radius 1 is 1.15 bits per heavy atom. The predicted molar refractivity (Wildman–Crippen MR) is 75.7 cm³/mol. The maximum absolute atomic E-state index is 5.81. The van der Waals surface area contributed by atoms with Crippen molar-refractivity contribution in [1.29, 1.82) is 0 Å². The van der Waals surface area contributed by atoms with Crippen LogP contribution in [0.3, 0.4) is 0 Å². The van der Waals surface area contributed by atoms with E-state index in [1.54, 1.807) is 0 Å². The van der Waals surface area contributed by atoms with Crippen molar-refractivity contribution in [3.63, 3.8) is 0 Å². The van der Waals surface area contributed by atoms with Crippen LogP contribution in [-0.2, 0) is 18.9 Å². The van der Waals surface area contributed by atoms with Crippen molar-refractivity contribution in [2.24, 2.45) is 17.3 Å². The van der Waals surface area contributed by atoms with Crippen molar-refractivity contribution in [3.8, 4) is 0 Å². The first-order chi connectivity index (χ1) is 9.72. The lowest BCUT2D eigenvalue weighted by Gasteiger charge is -2.40. The van der Waals surface area contributed by atoms with Gasteiger partial charge < -0.3 is 18.9 Å². The largest absolute Gasteiger partial charge is 0.380 e. The van der Waals surface area contributed by atoms with Crippen LogP contribution in [0.5, 0.6) is 0 Å². The summed E-state index contributed by atoms with van der Waals surface area (Å²) in [5, 5.41) is 0. The van der Waals surface area contributed by atoms with E-state index in [9.17, 15) is 0 Å². The lowest BCUT2D eigenvalue weighted by molar-refractivity contribution is -0.153. The molecule has 2 bridgehead atoms. The number of hydrogen-bond acceptors (Lipinski definition) is 4. The van der Waals surface area contributed by atoms with Crippen LogP contribution in [0.1, 0.15) is 33.1 Å². The number of fused-ring (bicyclic) bond motifs is 2. The molecule has 4 nitrogen and oxygen atoms in total. The third kappa shape index (κ3) is 3.03. The molecule has 4 heteroatoms. The van der Waals surface area contributed by atoms with Crippen molar-refractivity contribution in [1.82, 2.24) is 0 Å². The average molecular weight is 284 g/mol. The summed E-state index contributed by atoms with van der Waals surface area (Å²) >= 11 is 0. The molecule has 3 rings (SSSR count). The van der Waals surface area contributed by atoms with Crippen LogP contribution in [0.15, 0.2) is 0 Å². The predicted octanol–water partition coefficient (Wildman–Crippen LogP) is 2.26. The molecule has 3 fully saturated rings. The Kier molecular flexibility index (Phi) is 4.65. The summed E-state index contributed by atoms with van der Waals surface area (Å²) in [5.74, 6) is 1.42. The molecule has 0 radical (unpaired) electrons. The summed E-state index contributed by atoms with van der Waals surface area (Å²) in [6.07, 6.45) is 4.50. The lowest BCUT2D eigenvalue weighted by Crippen LogP contribution is -2.45. The molecule has 1 aliphatic carbocycles. The van der Waals surface area contributed by atoms with E-state index >= 15 is 0 Å². The molecular formula is C16H28O4. The fraction of sp³-hybridized carbons (Fsp3) is 1.00. The zero-order chi connectivity index (χ0) is 14.0. The van der Waals surface area contributed by atoms with E-state index in [1.807, 2.05) is 0 Å². The Labute approximate surface area is 122 Å². The zero-order valence-electron chi connectivity index (χ0n) is 12.8. The summed E-state index contributed by atoms with van der Waals surface area (Å²) in [4.78, 5) is 0. The zero-order valence-corrected chi connectivity index (χ0v) is 12.8. The van der Waals surface area contributed by atoms with Gasteiger partial charge in [0.15, 0.2) is 0 Å². The molecule has 116 valence electrons. The van der Waals surface area contributed by atoms with Crippen LogP contribution in [0, 0.1) is 17.3 Å². The molecule has 20 heavy (non-hydrogen) atoms. The van der Waals surface area contributed by atoms with Crippen LogP contribution in [0.4, 0.5) is 0 Å². The Bertz CT molecular complexity index is 310. The summed E-state index contributed by atoms with van der Waals surface area (Å²) in [7, 11) is 0. The van der Waals surface area contributed by atoms with Crippen LogP contribution in [-0.4, -0.2) is 51.8 Å². The second-order valence-electron chi connectivity index (χ2n) is 6.83. The van der Waals surface area contributed by atoms with Crippen molar-refractivity contribution < 1.29 is 18.9 Å². The summed E-state index contributed by atoms with van der Waals surface area (Å²) in [6.45, 7) is 9.22. The Morgan fingerprint density at radius 3 is 2.55 bits per heavy atom. The minimum Gasteiger partial charge on any atom is -0.380 e.